The van der Waals surface area contributed by atoms with E-state index in [9.17, 15) is 4.79 Å². The van der Waals surface area contributed by atoms with Crippen LogP contribution in [0.1, 0.15) is 48.2 Å². The summed E-state index contributed by atoms with van der Waals surface area (Å²) in [6, 6.07) is 23.8. The summed E-state index contributed by atoms with van der Waals surface area (Å²) in [6.07, 6.45) is 3.08. The predicted molar refractivity (Wildman–Crippen MR) is 133 cm³/mol. The van der Waals surface area contributed by atoms with E-state index in [4.69, 9.17) is 9.72 Å². The van der Waals surface area contributed by atoms with Crippen LogP contribution in [-0.2, 0) is 13.0 Å². The van der Waals surface area contributed by atoms with Crippen molar-refractivity contribution in [1.82, 2.24) is 4.98 Å². The van der Waals surface area contributed by atoms with Gasteiger partial charge in [-0.05, 0) is 60.4 Å². The molecule has 164 valence electrons. The number of amides is 1. The highest BCUT2D eigenvalue weighted by Crippen LogP contribution is 2.32. The number of nitrogens with zero attached hydrogens (tertiary/aromatic N) is 2. The van der Waals surface area contributed by atoms with Gasteiger partial charge >= 0.3 is 0 Å². The number of hydrogen-bond acceptors (Lipinski definition) is 4. The molecule has 1 aromatic heterocycles. The molecule has 4 nitrogen and oxygen atoms in total. The first-order chi connectivity index (χ1) is 15.7. The van der Waals surface area contributed by atoms with Gasteiger partial charge in [0.05, 0.1) is 23.4 Å². The van der Waals surface area contributed by atoms with Crippen molar-refractivity contribution in [2.24, 2.45) is 0 Å². The number of benzene rings is 3. The maximum absolute atomic E-state index is 13.6. The van der Waals surface area contributed by atoms with Crippen LogP contribution < -0.4 is 9.64 Å². The van der Waals surface area contributed by atoms with Crippen molar-refractivity contribution in [2.45, 2.75) is 39.7 Å². The van der Waals surface area contributed by atoms with Crippen molar-refractivity contribution in [3.8, 4) is 5.75 Å². The highest BCUT2D eigenvalue weighted by molar-refractivity contribution is 7.22. The molecule has 0 aliphatic heterocycles. The Labute approximate surface area is 193 Å². The van der Waals surface area contributed by atoms with Gasteiger partial charge < -0.3 is 4.74 Å². The standard InChI is InChI=1S/C27H28N2O2S/c1-3-5-17-31-23-14-12-22(13-15-23)26(30)29(19-21-9-7-6-8-10-21)27-28-24-16-11-20(4-2)18-25(24)32-27/h6-16,18H,3-5,17,19H2,1-2H3. The third kappa shape index (κ3) is 5.17. The van der Waals surface area contributed by atoms with Crippen molar-refractivity contribution in [3.63, 3.8) is 0 Å². The maximum atomic E-state index is 13.6. The zero-order valence-corrected chi connectivity index (χ0v) is 19.4. The Kier molecular flexibility index (Phi) is 7.17. The first-order valence-corrected chi connectivity index (χ1v) is 12.0. The molecule has 0 saturated heterocycles. The minimum atomic E-state index is -0.0660. The monoisotopic (exact) mass is 444 g/mol. The maximum Gasteiger partial charge on any atom is 0.260 e. The van der Waals surface area contributed by atoms with Gasteiger partial charge in [0.2, 0.25) is 0 Å². The molecule has 0 unspecified atom stereocenters. The van der Waals surface area contributed by atoms with E-state index in [0.717, 1.165) is 40.8 Å². The van der Waals surface area contributed by atoms with Crippen molar-refractivity contribution in [1.29, 1.82) is 0 Å². The van der Waals surface area contributed by atoms with Crippen molar-refractivity contribution < 1.29 is 9.53 Å². The summed E-state index contributed by atoms with van der Waals surface area (Å²) < 4.78 is 6.85. The number of carbonyl (C=O) groups is 1. The smallest absolute Gasteiger partial charge is 0.260 e. The van der Waals surface area contributed by atoms with Gasteiger partial charge in [-0.1, -0.05) is 68.0 Å². The van der Waals surface area contributed by atoms with E-state index >= 15 is 0 Å². The van der Waals surface area contributed by atoms with Crippen LogP contribution in [0.15, 0.2) is 72.8 Å². The van der Waals surface area contributed by atoms with Crippen LogP contribution in [0, 0.1) is 0 Å². The van der Waals surface area contributed by atoms with Crippen LogP contribution in [0.2, 0.25) is 0 Å². The molecule has 4 rings (SSSR count). The molecule has 3 aromatic carbocycles. The van der Waals surface area contributed by atoms with E-state index in [-0.39, 0.29) is 5.91 Å². The summed E-state index contributed by atoms with van der Waals surface area (Å²) in [5, 5.41) is 0.713. The van der Waals surface area contributed by atoms with Gasteiger partial charge in [-0.3, -0.25) is 9.69 Å². The van der Waals surface area contributed by atoms with Crippen molar-refractivity contribution in [2.75, 3.05) is 11.5 Å². The topological polar surface area (TPSA) is 42.4 Å². The van der Waals surface area contributed by atoms with Crippen LogP contribution >= 0.6 is 11.3 Å². The molecule has 0 radical (unpaired) electrons. The number of thiazole rings is 1. The lowest BCUT2D eigenvalue weighted by Gasteiger charge is -2.20. The molecule has 32 heavy (non-hydrogen) atoms. The van der Waals surface area contributed by atoms with E-state index in [2.05, 4.69) is 26.0 Å². The summed E-state index contributed by atoms with van der Waals surface area (Å²) in [5.41, 5.74) is 3.88. The third-order valence-electron chi connectivity index (χ3n) is 5.38. The largest absolute Gasteiger partial charge is 0.494 e. The zero-order chi connectivity index (χ0) is 22.3. The third-order valence-corrected chi connectivity index (χ3v) is 6.42. The Morgan fingerprint density at radius 3 is 2.47 bits per heavy atom. The lowest BCUT2D eigenvalue weighted by atomic mass is 10.1. The molecule has 0 bridgehead atoms. The molecule has 0 aliphatic rings. The van der Waals surface area contributed by atoms with Gasteiger partial charge in [0.25, 0.3) is 5.91 Å². The molecular formula is C27H28N2O2S. The number of hydrogen-bond donors (Lipinski definition) is 0. The number of rotatable bonds is 9. The van der Waals surface area contributed by atoms with Gasteiger partial charge in [0, 0.05) is 5.56 Å². The lowest BCUT2D eigenvalue weighted by Crippen LogP contribution is -2.30. The first-order valence-electron chi connectivity index (χ1n) is 11.2. The average molecular weight is 445 g/mol. The number of fused-ring (bicyclic) bond motifs is 1. The average Bonchev–Trinajstić information content (AvgIpc) is 3.26. The second kappa shape index (κ2) is 10.4. The van der Waals surface area contributed by atoms with Crippen molar-refractivity contribution in [3.05, 3.63) is 89.5 Å². The Morgan fingerprint density at radius 1 is 0.969 bits per heavy atom. The van der Waals surface area contributed by atoms with Gasteiger partial charge in [-0.2, -0.15) is 0 Å². The van der Waals surface area contributed by atoms with Crippen LogP contribution in [0.3, 0.4) is 0 Å². The molecular weight excluding hydrogens is 416 g/mol. The van der Waals surface area contributed by atoms with Crippen LogP contribution in [-0.4, -0.2) is 17.5 Å². The lowest BCUT2D eigenvalue weighted by molar-refractivity contribution is 0.0985. The van der Waals surface area contributed by atoms with E-state index in [0.29, 0.717) is 23.8 Å². The minimum absolute atomic E-state index is 0.0660. The van der Waals surface area contributed by atoms with Crippen molar-refractivity contribution >= 4 is 32.6 Å². The Balaban J connectivity index is 1.64. The number of aromatic nitrogens is 1. The van der Waals surface area contributed by atoms with Crippen LogP contribution in [0.4, 0.5) is 5.13 Å². The zero-order valence-electron chi connectivity index (χ0n) is 18.6. The molecule has 1 amide bonds. The molecule has 0 atom stereocenters. The number of carbonyl (C=O) groups excluding carboxylic acids is 1. The van der Waals surface area contributed by atoms with E-state index in [1.165, 1.54) is 5.56 Å². The molecule has 0 fully saturated rings. The summed E-state index contributed by atoms with van der Waals surface area (Å²) in [7, 11) is 0. The summed E-state index contributed by atoms with van der Waals surface area (Å²) in [4.78, 5) is 20.1. The van der Waals surface area contributed by atoms with Gasteiger partial charge in [-0.25, -0.2) is 4.98 Å². The highest BCUT2D eigenvalue weighted by atomic mass is 32.1. The highest BCUT2D eigenvalue weighted by Gasteiger charge is 2.22. The molecule has 1 heterocycles. The predicted octanol–water partition coefficient (Wildman–Crippen LogP) is 6.88. The van der Waals surface area contributed by atoms with E-state index < -0.39 is 0 Å². The summed E-state index contributed by atoms with van der Waals surface area (Å²) in [6.45, 7) is 5.44. The van der Waals surface area contributed by atoms with Gasteiger partial charge in [0.1, 0.15) is 5.75 Å². The Morgan fingerprint density at radius 2 is 1.75 bits per heavy atom. The fourth-order valence-corrected chi connectivity index (χ4v) is 4.50. The second-order valence-corrected chi connectivity index (χ2v) is 8.76. The fourth-order valence-electron chi connectivity index (χ4n) is 3.47. The fraction of sp³-hybridized carbons (Fsp3) is 0.259. The van der Waals surface area contributed by atoms with Gasteiger partial charge in [-0.15, -0.1) is 0 Å². The molecule has 4 aromatic rings. The summed E-state index contributed by atoms with van der Waals surface area (Å²) >= 11 is 1.56. The number of anilines is 1. The van der Waals surface area contributed by atoms with Crippen LogP contribution in [0.5, 0.6) is 5.75 Å². The summed E-state index contributed by atoms with van der Waals surface area (Å²) in [5.74, 6) is 0.723. The quantitative estimate of drug-likeness (QED) is 0.264. The van der Waals surface area contributed by atoms with E-state index in [1.807, 2.05) is 60.7 Å². The molecule has 0 aliphatic carbocycles. The number of unbranched alkanes of at least 4 members (excludes halogenated alkanes) is 1. The van der Waals surface area contributed by atoms with E-state index in [1.54, 1.807) is 16.2 Å². The molecule has 5 heteroatoms. The van der Waals surface area contributed by atoms with Crippen LogP contribution in [0.25, 0.3) is 10.2 Å². The SMILES string of the molecule is CCCCOc1ccc(C(=O)N(Cc2ccccc2)c2nc3ccc(CC)cc3s2)cc1. The first kappa shape index (κ1) is 22.0. The number of aryl methyl sites for hydroxylation is 1. The number of ether oxygens (including phenoxy) is 1. The Bertz CT molecular complexity index is 1170. The molecule has 0 spiro atoms. The normalized spacial score (nSPS) is 10.9. The Hall–Kier alpha value is -3.18. The molecule has 0 N–H and O–H groups in total. The minimum Gasteiger partial charge on any atom is -0.494 e. The second-order valence-electron chi connectivity index (χ2n) is 7.76. The van der Waals surface area contributed by atoms with Gasteiger partial charge in [0.15, 0.2) is 5.13 Å². The molecule has 0 saturated carbocycles.